The van der Waals surface area contributed by atoms with Gasteiger partial charge < -0.3 is 9.84 Å². The summed E-state index contributed by atoms with van der Waals surface area (Å²) in [5.41, 5.74) is -0.694. The summed E-state index contributed by atoms with van der Waals surface area (Å²) in [6.07, 6.45) is 2.08. The number of carboxylic acids is 1. The predicted molar refractivity (Wildman–Crippen MR) is 54.2 cm³/mol. The molecule has 0 saturated heterocycles. The third kappa shape index (κ3) is 1.54. The molecule has 0 bridgehead atoms. The Balaban J connectivity index is 2.55. The van der Waals surface area contributed by atoms with Gasteiger partial charge in [0.1, 0.15) is 0 Å². The van der Waals surface area contributed by atoms with Crippen molar-refractivity contribution in [2.24, 2.45) is 11.3 Å². The quantitative estimate of drug-likeness (QED) is 0.693. The standard InChI is InChI=1S/C11H20O3/c1-5-6-7-14-11(4)8(9(12)13)10(11,2)3/h8H,5-7H2,1-4H3,(H,12,13). The summed E-state index contributed by atoms with van der Waals surface area (Å²) in [4.78, 5) is 10.9. The van der Waals surface area contributed by atoms with Gasteiger partial charge in [-0.15, -0.1) is 0 Å². The first-order valence-corrected chi connectivity index (χ1v) is 5.24. The van der Waals surface area contributed by atoms with Gasteiger partial charge in [0.25, 0.3) is 0 Å². The van der Waals surface area contributed by atoms with E-state index in [2.05, 4.69) is 6.92 Å². The van der Waals surface area contributed by atoms with Crippen molar-refractivity contribution in [2.45, 2.75) is 46.1 Å². The molecule has 1 aliphatic rings. The van der Waals surface area contributed by atoms with Crippen molar-refractivity contribution in [3.05, 3.63) is 0 Å². The van der Waals surface area contributed by atoms with Crippen LogP contribution >= 0.6 is 0 Å². The van der Waals surface area contributed by atoms with E-state index >= 15 is 0 Å². The maximum absolute atomic E-state index is 10.9. The van der Waals surface area contributed by atoms with Crippen molar-refractivity contribution in [3.63, 3.8) is 0 Å². The molecule has 3 heteroatoms. The Morgan fingerprint density at radius 3 is 2.36 bits per heavy atom. The molecule has 14 heavy (non-hydrogen) atoms. The van der Waals surface area contributed by atoms with Crippen LogP contribution in [-0.4, -0.2) is 23.3 Å². The minimum absolute atomic E-state index is 0.230. The predicted octanol–water partition coefficient (Wildman–Crippen LogP) is 2.30. The zero-order valence-corrected chi connectivity index (χ0v) is 9.46. The summed E-state index contributed by atoms with van der Waals surface area (Å²) in [6, 6.07) is 0. The molecule has 3 nitrogen and oxygen atoms in total. The molecule has 2 unspecified atom stereocenters. The zero-order valence-electron chi connectivity index (χ0n) is 9.46. The molecule has 1 aliphatic carbocycles. The van der Waals surface area contributed by atoms with E-state index in [1.54, 1.807) is 0 Å². The fraction of sp³-hybridized carbons (Fsp3) is 0.909. The van der Waals surface area contributed by atoms with Crippen molar-refractivity contribution < 1.29 is 14.6 Å². The molecule has 82 valence electrons. The number of unbranched alkanes of at least 4 members (excludes halogenated alkanes) is 1. The smallest absolute Gasteiger partial charge is 0.310 e. The largest absolute Gasteiger partial charge is 0.481 e. The maximum atomic E-state index is 10.9. The second-order valence-electron chi connectivity index (χ2n) is 4.80. The molecular formula is C11H20O3. The molecule has 0 spiro atoms. The molecule has 1 saturated carbocycles. The summed E-state index contributed by atoms with van der Waals surface area (Å²) in [5, 5.41) is 9.00. The van der Waals surface area contributed by atoms with Crippen LogP contribution in [0.25, 0.3) is 0 Å². The molecule has 0 aromatic heterocycles. The Bertz CT molecular complexity index is 235. The van der Waals surface area contributed by atoms with E-state index in [-0.39, 0.29) is 11.3 Å². The lowest BCUT2D eigenvalue weighted by Crippen LogP contribution is -2.19. The van der Waals surface area contributed by atoms with Crippen molar-refractivity contribution in [3.8, 4) is 0 Å². The fourth-order valence-corrected chi connectivity index (χ4v) is 2.18. The topological polar surface area (TPSA) is 46.5 Å². The monoisotopic (exact) mass is 200 g/mol. The molecule has 0 aromatic rings. The van der Waals surface area contributed by atoms with Crippen LogP contribution in [-0.2, 0) is 9.53 Å². The molecule has 0 radical (unpaired) electrons. The highest BCUT2D eigenvalue weighted by molar-refractivity contribution is 5.77. The number of ether oxygens (including phenoxy) is 1. The SMILES string of the molecule is CCCCOC1(C)C(C(=O)O)C1(C)C. The Morgan fingerprint density at radius 1 is 1.43 bits per heavy atom. The minimum atomic E-state index is -0.742. The normalized spacial score (nSPS) is 34.1. The van der Waals surface area contributed by atoms with Crippen LogP contribution in [0.2, 0.25) is 0 Å². The lowest BCUT2D eigenvalue weighted by Gasteiger charge is -2.15. The van der Waals surface area contributed by atoms with E-state index in [4.69, 9.17) is 9.84 Å². The second kappa shape index (κ2) is 3.54. The molecule has 2 atom stereocenters. The van der Waals surface area contributed by atoms with Gasteiger partial charge >= 0.3 is 5.97 Å². The van der Waals surface area contributed by atoms with E-state index in [1.165, 1.54) is 0 Å². The fourth-order valence-electron chi connectivity index (χ4n) is 2.18. The molecule has 1 fully saturated rings. The summed E-state index contributed by atoms with van der Waals surface area (Å²) in [6.45, 7) is 8.58. The number of carboxylic acid groups (broad SMARTS) is 1. The Hall–Kier alpha value is -0.570. The minimum Gasteiger partial charge on any atom is -0.481 e. The number of hydrogen-bond donors (Lipinski definition) is 1. The van der Waals surface area contributed by atoms with Crippen molar-refractivity contribution >= 4 is 5.97 Å². The van der Waals surface area contributed by atoms with Gasteiger partial charge in [-0.05, 0) is 13.3 Å². The van der Waals surface area contributed by atoms with Crippen LogP contribution in [0, 0.1) is 11.3 Å². The number of hydrogen-bond acceptors (Lipinski definition) is 2. The van der Waals surface area contributed by atoms with Gasteiger partial charge in [-0.3, -0.25) is 4.79 Å². The Kier molecular flexibility index (Phi) is 2.91. The van der Waals surface area contributed by atoms with Crippen LogP contribution in [0.4, 0.5) is 0 Å². The Labute approximate surface area is 85.5 Å². The van der Waals surface area contributed by atoms with E-state index in [1.807, 2.05) is 20.8 Å². The molecule has 1 N–H and O–H groups in total. The van der Waals surface area contributed by atoms with Gasteiger partial charge in [0.2, 0.25) is 0 Å². The highest BCUT2D eigenvalue weighted by atomic mass is 16.5. The van der Waals surface area contributed by atoms with Gasteiger partial charge in [0, 0.05) is 12.0 Å². The second-order valence-corrected chi connectivity index (χ2v) is 4.80. The summed E-state index contributed by atoms with van der Waals surface area (Å²) < 4.78 is 5.69. The zero-order chi connectivity index (χ0) is 11.0. The maximum Gasteiger partial charge on any atom is 0.310 e. The van der Waals surface area contributed by atoms with E-state index < -0.39 is 11.6 Å². The van der Waals surface area contributed by atoms with Gasteiger partial charge in [-0.25, -0.2) is 0 Å². The molecule has 0 aliphatic heterocycles. The molecule has 1 rings (SSSR count). The molecular weight excluding hydrogens is 180 g/mol. The van der Waals surface area contributed by atoms with Crippen LogP contribution in [0.1, 0.15) is 40.5 Å². The van der Waals surface area contributed by atoms with Crippen molar-refractivity contribution in [1.29, 1.82) is 0 Å². The van der Waals surface area contributed by atoms with Gasteiger partial charge in [-0.1, -0.05) is 27.2 Å². The summed E-state index contributed by atoms with van der Waals surface area (Å²) in [5.74, 6) is -1.10. The van der Waals surface area contributed by atoms with Gasteiger partial charge in [-0.2, -0.15) is 0 Å². The lowest BCUT2D eigenvalue weighted by atomic mass is 10.1. The van der Waals surface area contributed by atoms with Crippen LogP contribution in [0.3, 0.4) is 0 Å². The average Bonchev–Trinajstić information content (AvgIpc) is 2.46. The number of aliphatic carboxylic acids is 1. The van der Waals surface area contributed by atoms with E-state index in [9.17, 15) is 4.79 Å². The van der Waals surface area contributed by atoms with Crippen molar-refractivity contribution in [1.82, 2.24) is 0 Å². The van der Waals surface area contributed by atoms with Gasteiger partial charge in [0.05, 0.1) is 11.5 Å². The van der Waals surface area contributed by atoms with E-state index in [0.717, 1.165) is 12.8 Å². The summed E-state index contributed by atoms with van der Waals surface area (Å²) >= 11 is 0. The number of carbonyl (C=O) groups is 1. The Morgan fingerprint density at radius 2 is 2.00 bits per heavy atom. The highest BCUT2D eigenvalue weighted by Gasteiger charge is 2.73. The van der Waals surface area contributed by atoms with E-state index in [0.29, 0.717) is 6.61 Å². The first-order valence-electron chi connectivity index (χ1n) is 5.24. The van der Waals surface area contributed by atoms with Gasteiger partial charge in [0.15, 0.2) is 0 Å². The molecule has 0 aromatic carbocycles. The number of rotatable bonds is 5. The third-order valence-corrected chi connectivity index (χ3v) is 3.62. The first-order chi connectivity index (χ1) is 6.38. The highest BCUT2D eigenvalue weighted by Crippen LogP contribution is 2.63. The average molecular weight is 200 g/mol. The van der Waals surface area contributed by atoms with Crippen LogP contribution in [0.15, 0.2) is 0 Å². The molecule has 0 amide bonds. The third-order valence-electron chi connectivity index (χ3n) is 3.62. The first kappa shape index (κ1) is 11.5. The van der Waals surface area contributed by atoms with Crippen LogP contribution in [0.5, 0.6) is 0 Å². The lowest BCUT2D eigenvalue weighted by molar-refractivity contribution is -0.141. The van der Waals surface area contributed by atoms with Crippen LogP contribution < -0.4 is 0 Å². The molecule has 0 heterocycles. The van der Waals surface area contributed by atoms with Crippen molar-refractivity contribution in [2.75, 3.05) is 6.61 Å². The summed E-state index contributed by atoms with van der Waals surface area (Å²) in [7, 11) is 0.